The number of nitrogens with one attached hydrogen (secondary N) is 1. The highest BCUT2D eigenvalue weighted by Gasteiger charge is 2.38. The van der Waals surface area contributed by atoms with E-state index in [1.165, 1.54) is 7.11 Å². The van der Waals surface area contributed by atoms with Crippen LogP contribution in [0.4, 0.5) is 0 Å². The maximum absolute atomic E-state index is 11.1. The van der Waals surface area contributed by atoms with E-state index in [4.69, 9.17) is 23.0 Å². The number of esters is 1. The molecule has 0 rings (SSSR count). The molecule has 1 N–H and O–H groups in total. The Bertz CT molecular complexity index is 280. The second-order valence-corrected chi connectivity index (χ2v) is 9.28. The molecule has 0 aromatic carbocycles. The van der Waals surface area contributed by atoms with E-state index in [1.807, 2.05) is 0 Å². The molecule has 0 fully saturated rings. The van der Waals surface area contributed by atoms with Crippen molar-refractivity contribution in [3.63, 3.8) is 0 Å². The third kappa shape index (κ3) is 5.01. The molecular weight excluding hydrogens is 302 g/mol. The average molecular weight is 323 g/mol. The van der Waals surface area contributed by atoms with E-state index in [-0.39, 0.29) is 24.9 Å². The molecule has 1 atom stereocenters. The van der Waals surface area contributed by atoms with E-state index in [1.54, 1.807) is 0 Å². The molecular formula is C9H21Cl2N2O2PS. The van der Waals surface area contributed by atoms with E-state index in [0.717, 1.165) is 19.6 Å². The Morgan fingerprint density at radius 1 is 1.35 bits per heavy atom. The summed E-state index contributed by atoms with van der Waals surface area (Å²) in [4.78, 5) is 11.1. The fraction of sp³-hybridized carbons (Fsp3) is 0.889. The highest BCUT2D eigenvalue weighted by Crippen LogP contribution is 2.56. The second kappa shape index (κ2) is 8.68. The smallest absolute Gasteiger partial charge is 0.320 e. The van der Waals surface area contributed by atoms with Crippen LogP contribution in [0.5, 0.6) is 0 Å². The summed E-state index contributed by atoms with van der Waals surface area (Å²) in [5.41, 5.74) is -2.31. The molecule has 1 unspecified atom stereocenters. The Labute approximate surface area is 120 Å². The first-order valence-electron chi connectivity index (χ1n) is 5.37. The van der Waals surface area contributed by atoms with Crippen LogP contribution >= 0.6 is 16.9 Å². The van der Waals surface area contributed by atoms with Crippen LogP contribution in [0.2, 0.25) is 0 Å². The lowest BCUT2D eigenvalue weighted by Gasteiger charge is -2.41. The number of quaternary nitrogens is 1. The van der Waals surface area contributed by atoms with Gasteiger partial charge in [-0.15, -0.1) is 0 Å². The van der Waals surface area contributed by atoms with Gasteiger partial charge in [0.25, 0.3) is 5.69 Å². The monoisotopic (exact) mass is 322 g/mol. The van der Waals surface area contributed by atoms with Crippen molar-refractivity contribution in [1.29, 1.82) is 0 Å². The minimum atomic E-state index is -2.31. The molecule has 0 aliphatic heterocycles. The predicted molar refractivity (Wildman–Crippen MR) is 72.0 cm³/mol. The molecule has 8 heteroatoms. The van der Waals surface area contributed by atoms with Gasteiger partial charge in [0.05, 0.1) is 26.7 Å². The SMILES string of the molecule is CC[N+](CC)(CC)P(=S)(Cl)NCC(=O)OC.[Cl-]. The Kier molecular flexibility index (Phi) is 10.2. The molecule has 0 aromatic heterocycles. The fourth-order valence-corrected chi connectivity index (χ4v) is 5.69. The summed E-state index contributed by atoms with van der Waals surface area (Å²) in [5, 5.41) is 2.99. The second-order valence-electron chi connectivity index (χ2n) is 3.46. The first-order valence-corrected chi connectivity index (χ1v) is 9.03. The zero-order chi connectivity index (χ0) is 12.8. The van der Waals surface area contributed by atoms with Crippen LogP contribution in [0.25, 0.3) is 0 Å². The van der Waals surface area contributed by atoms with Crippen LogP contribution in [-0.4, -0.2) is 43.5 Å². The topological polar surface area (TPSA) is 38.3 Å². The standard InChI is InChI=1S/C9H21ClN2O2PS.ClH/c1-5-12(6-2,7-3)15(10,16)11-8-9(13)14-4;/h5-8H2,1-4H3,(H,11,16);1H/q+1;/p-1. The Hall–Kier alpha value is 0.620. The third-order valence-electron chi connectivity index (χ3n) is 2.96. The minimum Gasteiger partial charge on any atom is -1.00 e. The molecule has 0 radical (unpaired) electrons. The number of methoxy groups -OCH3 is 1. The van der Waals surface area contributed by atoms with Crippen molar-refractivity contribution in [1.82, 2.24) is 5.09 Å². The Balaban J connectivity index is 0. The normalized spacial score (nSPS) is 14.6. The number of hydrogen-bond donors (Lipinski definition) is 1. The number of hydrogen-bond acceptors (Lipinski definition) is 3. The van der Waals surface area contributed by atoms with Crippen molar-refractivity contribution in [3.05, 3.63) is 0 Å². The summed E-state index contributed by atoms with van der Waals surface area (Å²) in [7, 11) is 1.35. The lowest BCUT2D eigenvalue weighted by molar-refractivity contribution is -0.801. The maximum Gasteiger partial charge on any atom is 0.320 e. The van der Waals surface area contributed by atoms with Crippen LogP contribution in [0.15, 0.2) is 0 Å². The molecule has 0 bridgehead atoms. The molecule has 0 aromatic rings. The Morgan fingerprint density at radius 2 is 1.76 bits per heavy atom. The van der Waals surface area contributed by atoms with Gasteiger partial charge >= 0.3 is 5.97 Å². The van der Waals surface area contributed by atoms with Crippen LogP contribution in [-0.2, 0) is 21.3 Å². The number of carbonyl (C=O) groups excluding carboxylic acids is 1. The zero-order valence-corrected chi connectivity index (χ0v) is 13.9. The third-order valence-corrected chi connectivity index (χ3v) is 8.19. The van der Waals surface area contributed by atoms with Crippen LogP contribution in [0.3, 0.4) is 0 Å². The average Bonchev–Trinajstić information content (AvgIpc) is 2.28. The van der Waals surface area contributed by atoms with Gasteiger partial charge in [0.1, 0.15) is 6.54 Å². The summed E-state index contributed by atoms with van der Waals surface area (Å²) in [6.45, 7) is 8.87. The van der Waals surface area contributed by atoms with Crippen molar-refractivity contribution < 1.29 is 26.2 Å². The van der Waals surface area contributed by atoms with Gasteiger partial charge in [-0.2, -0.15) is 0 Å². The largest absolute Gasteiger partial charge is 1.00 e. The van der Waals surface area contributed by atoms with E-state index >= 15 is 0 Å². The Morgan fingerprint density at radius 3 is 2.06 bits per heavy atom. The molecule has 0 saturated heterocycles. The number of ether oxygens (including phenoxy) is 1. The van der Waals surface area contributed by atoms with E-state index in [0.29, 0.717) is 4.25 Å². The number of halogens is 2. The first kappa shape index (κ1) is 19.9. The van der Waals surface area contributed by atoms with Gasteiger partial charge in [0.15, 0.2) is 0 Å². The lowest BCUT2D eigenvalue weighted by Crippen LogP contribution is -3.00. The van der Waals surface area contributed by atoms with Gasteiger partial charge in [0, 0.05) is 0 Å². The first-order chi connectivity index (χ1) is 7.39. The number of nitrogens with zero attached hydrogens (tertiary/aromatic N) is 1. The minimum absolute atomic E-state index is 0. The van der Waals surface area contributed by atoms with Gasteiger partial charge in [0.2, 0.25) is 0 Å². The van der Waals surface area contributed by atoms with Gasteiger partial charge in [-0.05, 0) is 43.8 Å². The molecule has 17 heavy (non-hydrogen) atoms. The number of carbonyl (C=O) groups is 1. The van der Waals surface area contributed by atoms with Crippen molar-refractivity contribution >= 4 is 34.7 Å². The van der Waals surface area contributed by atoms with Crippen molar-refractivity contribution in [2.45, 2.75) is 20.8 Å². The molecule has 4 nitrogen and oxygen atoms in total. The van der Waals surface area contributed by atoms with E-state index < -0.39 is 5.69 Å². The van der Waals surface area contributed by atoms with E-state index in [9.17, 15) is 4.79 Å². The van der Waals surface area contributed by atoms with Gasteiger partial charge < -0.3 is 17.1 Å². The summed E-state index contributed by atoms with van der Waals surface area (Å²) in [6, 6.07) is 0. The number of rotatable bonds is 7. The lowest BCUT2D eigenvalue weighted by atomic mass is 10.5. The van der Waals surface area contributed by atoms with Crippen molar-refractivity contribution in [2.24, 2.45) is 0 Å². The predicted octanol–water partition coefficient (Wildman–Crippen LogP) is -0.907. The van der Waals surface area contributed by atoms with Gasteiger partial charge in [-0.1, -0.05) is 0 Å². The summed E-state index contributed by atoms with van der Waals surface area (Å²) in [6.07, 6.45) is 0. The van der Waals surface area contributed by atoms with Crippen molar-refractivity contribution in [2.75, 3.05) is 33.3 Å². The molecule has 0 spiro atoms. The van der Waals surface area contributed by atoms with Gasteiger partial charge in [-0.25, -0.2) is 5.09 Å². The summed E-state index contributed by atoms with van der Waals surface area (Å²) < 4.78 is 5.20. The molecule has 0 amide bonds. The van der Waals surface area contributed by atoms with E-state index in [2.05, 4.69) is 30.6 Å². The highest BCUT2D eigenvalue weighted by atomic mass is 35.7. The zero-order valence-electron chi connectivity index (χ0n) is 10.7. The van der Waals surface area contributed by atoms with Gasteiger partial charge in [-0.3, -0.25) is 9.05 Å². The highest BCUT2D eigenvalue weighted by molar-refractivity contribution is 8.23. The molecule has 0 heterocycles. The van der Waals surface area contributed by atoms with Crippen LogP contribution in [0, 0.1) is 0 Å². The maximum atomic E-state index is 11.1. The molecule has 0 aliphatic carbocycles. The van der Waals surface area contributed by atoms with Crippen LogP contribution < -0.4 is 17.5 Å². The molecule has 0 saturated carbocycles. The summed E-state index contributed by atoms with van der Waals surface area (Å²) >= 11 is 11.9. The quantitative estimate of drug-likeness (QED) is 0.487. The molecule has 104 valence electrons. The van der Waals surface area contributed by atoms with Crippen LogP contribution in [0.1, 0.15) is 20.8 Å². The molecule has 0 aliphatic rings. The fourth-order valence-electron chi connectivity index (χ4n) is 1.60. The van der Waals surface area contributed by atoms with Crippen molar-refractivity contribution in [3.8, 4) is 0 Å². The summed E-state index contributed by atoms with van der Waals surface area (Å²) in [5.74, 6) is -0.337.